The summed E-state index contributed by atoms with van der Waals surface area (Å²) in [7, 11) is 0. The Morgan fingerprint density at radius 3 is 2.71 bits per heavy atom. The summed E-state index contributed by atoms with van der Waals surface area (Å²) in [6.07, 6.45) is 4.74. The van der Waals surface area contributed by atoms with Crippen molar-refractivity contribution in [3.05, 3.63) is 60.4 Å². The monoisotopic (exact) mass is 225 g/mol. The minimum Gasteiger partial charge on any atom is -0.478 e. The largest absolute Gasteiger partial charge is 0.478 e. The van der Waals surface area contributed by atoms with Crippen LogP contribution >= 0.6 is 0 Å². The minimum atomic E-state index is -0.957. The molecule has 0 amide bonds. The molecule has 0 aliphatic rings. The van der Waals surface area contributed by atoms with Crippen molar-refractivity contribution in [3.63, 3.8) is 0 Å². The van der Waals surface area contributed by atoms with Gasteiger partial charge in [-0.2, -0.15) is 0 Å². The Hall–Kier alpha value is -2.42. The summed E-state index contributed by atoms with van der Waals surface area (Å²) in [4.78, 5) is 15.1. The van der Waals surface area contributed by atoms with Crippen molar-refractivity contribution in [1.82, 2.24) is 4.98 Å². The van der Waals surface area contributed by atoms with Gasteiger partial charge in [-0.25, -0.2) is 4.79 Å². The van der Waals surface area contributed by atoms with Crippen LogP contribution in [0.25, 0.3) is 17.2 Å². The van der Waals surface area contributed by atoms with Crippen LogP contribution in [0, 0.1) is 0 Å². The predicted octanol–water partition coefficient (Wildman–Crippen LogP) is 3.09. The van der Waals surface area contributed by atoms with Gasteiger partial charge < -0.3 is 5.11 Å². The molecule has 2 rings (SSSR count). The van der Waals surface area contributed by atoms with Crippen LogP contribution in [0.2, 0.25) is 0 Å². The lowest BCUT2D eigenvalue weighted by molar-refractivity contribution is 0.0697. The van der Waals surface area contributed by atoms with Gasteiger partial charge in [-0.1, -0.05) is 36.9 Å². The van der Waals surface area contributed by atoms with E-state index in [1.807, 2.05) is 24.3 Å². The van der Waals surface area contributed by atoms with E-state index in [1.54, 1.807) is 12.3 Å². The second kappa shape index (κ2) is 4.61. The van der Waals surface area contributed by atoms with Crippen LogP contribution in [0.3, 0.4) is 0 Å². The van der Waals surface area contributed by atoms with E-state index in [1.165, 1.54) is 12.3 Å². The third-order valence-electron chi connectivity index (χ3n) is 2.52. The van der Waals surface area contributed by atoms with Gasteiger partial charge >= 0.3 is 5.97 Å². The van der Waals surface area contributed by atoms with E-state index in [-0.39, 0.29) is 5.56 Å². The molecule has 1 aromatic heterocycles. The quantitative estimate of drug-likeness (QED) is 0.873. The number of hydrogen-bond acceptors (Lipinski definition) is 2. The molecule has 0 fully saturated rings. The zero-order chi connectivity index (χ0) is 12.3. The van der Waals surface area contributed by atoms with Gasteiger partial charge in [-0.15, -0.1) is 0 Å². The zero-order valence-electron chi connectivity index (χ0n) is 9.13. The Bertz CT molecular complexity index is 576. The van der Waals surface area contributed by atoms with Gasteiger partial charge in [-0.3, -0.25) is 4.98 Å². The molecule has 84 valence electrons. The van der Waals surface area contributed by atoms with E-state index in [2.05, 4.69) is 11.6 Å². The maximum atomic E-state index is 11.1. The maximum absolute atomic E-state index is 11.1. The van der Waals surface area contributed by atoms with Crippen molar-refractivity contribution in [1.29, 1.82) is 0 Å². The second-order valence-corrected chi connectivity index (χ2v) is 3.52. The van der Waals surface area contributed by atoms with Crippen molar-refractivity contribution in [2.75, 3.05) is 0 Å². The van der Waals surface area contributed by atoms with Crippen LogP contribution in [0.1, 0.15) is 15.9 Å². The van der Waals surface area contributed by atoms with E-state index in [0.717, 1.165) is 11.1 Å². The molecular formula is C14H11NO2. The van der Waals surface area contributed by atoms with Crippen molar-refractivity contribution in [2.45, 2.75) is 0 Å². The highest BCUT2D eigenvalue weighted by Crippen LogP contribution is 2.26. The van der Waals surface area contributed by atoms with E-state index in [4.69, 9.17) is 5.11 Å². The van der Waals surface area contributed by atoms with Crippen molar-refractivity contribution < 1.29 is 9.90 Å². The molecule has 0 spiro atoms. The van der Waals surface area contributed by atoms with Gasteiger partial charge in [0.05, 0.1) is 5.56 Å². The number of carbonyl (C=O) groups is 1. The Kier molecular flexibility index (Phi) is 3.01. The van der Waals surface area contributed by atoms with Crippen LogP contribution in [0.5, 0.6) is 0 Å². The number of benzene rings is 1. The van der Waals surface area contributed by atoms with Gasteiger partial charge in [0, 0.05) is 18.0 Å². The fourth-order valence-corrected chi connectivity index (χ4v) is 1.72. The first kappa shape index (κ1) is 11.1. The lowest BCUT2D eigenvalue weighted by Gasteiger charge is -2.08. The molecule has 0 aliphatic heterocycles. The number of carboxylic acids is 1. The minimum absolute atomic E-state index is 0.245. The number of aromatic nitrogens is 1. The Morgan fingerprint density at radius 2 is 2.00 bits per heavy atom. The molecule has 0 aliphatic carbocycles. The third-order valence-corrected chi connectivity index (χ3v) is 2.52. The van der Waals surface area contributed by atoms with Crippen molar-refractivity contribution in [3.8, 4) is 11.1 Å². The van der Waals surface area contributed by atoms with Crippen molar-refractivity contribution >= 4 is 12.0 Å². The molecule has 0 saturated carbocycles. The average molecular weight is 225 g/mol. The van der Waals surface area contributed by atoms with Gasteiger partial charge in [0.15, 0.2) is 0 Å². The number of pyridine rings is 1. The first-order chi connectivity index (χ1) is 8.24. The molecule has 1 N–H and O–H groups in total. The molecule has 0 radical (unpaired) electrons. The molecule has 1 heterocycles. The summed E-state index contributed by atoms with van der Waals surface area (Å²) in [5.41, 5.74) is 2.57. The summed E-state index contributed by atoms with van der Waals surface area (Å²) in [6.45, 7) is 3.72. The molecule has 17 heavy (non-hydrogen) atoms. The lowest BCUT2D eigenvalue weighted by Crippen LogP contribution is -2.00. The van der Waals surface area contributed by atoms with E-state index < -0.39 is 5.97 Å². The number of nitrogens with zero attached hydrogens (tertiary/aromatic N) is 1. The normalized spacial score (nSPS) is 9.88. The van der Waals surface area contributed by atoms with E-state index >= 15 is 0 Å². The predicted molar refractivity (Wildman–Crippen MR) is 66.7 cm³/mol. The summed E-state index contributed by atoms with van der Waals surface area (Å²) < 4.78 is 0. The molecule has 0 atom stereocenters. The van der Waals surface area contributed by atoms with Crippen molar-refractivity contribution in [2.24, 2.45) is 0 Å². The van der Waals surface area contributed by atoms with E-state index in [0.29, 0.717) is 5.56 Å². The molecule has 1 aromatic carbocycles. The topological polar surface area (TPSA) is 50.2 Å². The smallest absolute Gasteiger partial charge is 0.336 e. The summed E-state index contributed by atoms with van der Waals surface area (Å²) in [5, 5.41) is 9.14. The SMILES string of the molecule is C=Cc1ccccc1-c1cnccc1C(=O)O. The van der Waals surface area contributed by atoms with Gasteiger partial charge in [0.25, 0.3) is 0 Å². The molecule has 0 bridgehead atoms. The van der Waals surface area contributed by atoms with Gasteiger partial charge in [-0.05, 0) is 17.2 Å². The molecule has 3 nitrogen and oxygen atoms in total. The molecule has 2 aromatic rings. The Morgan fingerprint density at radius 1 is 1.24 bits per heavy atom. The highest BCUT2D eigenvalue weighted by molar-refractivity contribution is 5.96. The highest BCUT2D eigenvalue weighted by Gasteiger charge is 2.12. The number of rotatable bonds is 3. The van der Waals surface area contributed by atoms with Gasteiger partial charge in [0.1, 0.15) is 0 Å². The molecule has 0 saturated heterocycles. The Balaban J connectivity index is 2.68. The highest BCUT2D eigenvalue weighted by atomic mass is 16.4. The molecule has 3 heteroatoms. The zero-order valence-corrected chi connectivity index (χ0v) is 9.13. The summed E-state index contributed by atoms with van der Waals surface area (Å²) >= 11 is 0. The maximum Gasteiger partial charge on any atom is 0.336 e. The fourth-order valence-electron chi connectivity index (χ4n) is 1.72. The van der Waals surface area contributed by atoms with E-state index in [9.17, 15) is 4.79 Å². The van der Waals surface area contributed by atoms with Crippen LogP contribution in [-0.2, 0) is 0 Å². The first-order valence-electron chi connectivity index (χ1n) is 5.13. The van der Waals surface area contributed by atoms with Crippen LogP contribution < -0.4 is 0 Å². The summed E-state index contributed by atoms with van der Waals surface area (Å²) in [5.74, 6) is -0.957. The second-order valence-electron chi connectivity index (χ2n) is 3.52. The number of hydrogen-bond donors (Lipinski definition) is 1. The standard InChI is InChI=1S/C14H11NO2/c1-2-10-5-3-4-6-11(10)13-9-15-8-7-12(13)14(16)17/h2-9H,1H2,(H,16,17). The third kappa shape index (κ3) is 2.08. The number of carboxylic acid groups (broad SMARTS) is 1. The van der Waals surface area contributed by atoms with Crippen LogP contribution in [0.15, 0.2) is 49.3 Å². The molecular weight excluding hydrogens is 214 g/mol. The Labute approximate surface area is 99.1 Å². The first-order valence-corrected chi connectivity index (χ1v) is 5.13. The van der Waals surface area contributed by atoms with Gasteiger partial charge in [0.2, 0.25) is 0 Å². The van der Waals surface area contributed by atoms with Crippen LogP contribution in [0.4, 0.5) is 0 Å². The molecule has 0 unspecified atom stereocenters. The van der Waals surface area contributed by atoms with Crippen LogP contribution in [-0.4, -0.2) is 16.1 Å². The number of aromatic carboxylic acids is 1. The average Bonchev–Trinajstić information content (AvgIpc) is 2.38. The lowest BCUT2D eigenvalue weighted by atomic mass is 9.97. The fraction of sp³-hybridized carbons (Fsp3) is 0. The summed E-state index contributed by atoms with van der Waals surface area (Å²) in [6, 6.07) is 9.00.